The van der Waals surface area contributed by atoms with Crippen LogP contribution in [0, 0.1) is 0 Å². The van der Waals surface area contributed by atoms with Crippen LogP contribution in [0.2, 0.25) is 0 Å². The Labute approximate surface area is 66.4 Å². The molecule has 0 bridgehead atoms. The molecule has 0 aliphatic rings. The number of rotatable bonds is 3. The minimum atomic E-state index is -0.417. The van der Waals surface area contributed by atoms with Crippen LogP contribution < -0.4 is 5.73 Å². The highest BCUT2D eigenvalue weighted by atomic mass is 16.3. The first-order valence-corrected chi connectivity index (χ1v) is 3.75. The molecular formula is C8H14N2O. The van der Waals surface area contributed by atoms with Gasteiger partial charge in [0.1, 0.15) is 0 Å². The molecule has 0 saturated carbocycles. The molecule has 3 N–H and O–H groups in total. The molecule has 3 heteroatoms. The van der Waals surface area contributed by atoms with Crippen molar-refractivity contribution in [1.82, 2.24) is 4.57 Å². The van der Waals surface area contributed by atoms with Gasteiger partial charge < -0.3 is 15.4 Å². The first-order valence-electron chi connectivity index (χ1n) is 3.75. The molecule has 0 aromatic carbocycles. The molecular weight excluding hydrogens is 140 g/mol. The molecule has 0 aliphatic heterocycles. The summed E-state index contributed by atoms with van der Waals surface area (Å²) < 4.78 is 1.90. The molecule has 0 radical (unpaired) electrons. The van der Waals surface area contributed by atoms with E-state index in [4.69, 9.17) is 5.73 Å². The summed E-state index contributed by atoms with van der Waals surface area (Å²) in [5, 5.41) is 9.49. The van der Waals surface area contributed by atoms with Crippen LogP contribution in [0.15, 0.2) is 18.3 Å². The molecule has 62 valence electrons. The third kappa shape index (κ3) is 1.82. The Kier molecular flexibility index (Phi) is 2.68. The lowest BCUT2D eigenvalue weighted by Crippen LogP contribution is -2.09. The number of aliphatic hydroxyl groups excluding tert-OH is 1. The van der Waals surface area contributed by atoms with E-state index in [1.807, 2.05) is 29.9 Å². The van der Waals surface area contributed by atoms with Crippen LogP contribution in [0.5, 0.6) is 0 Å². The molecule has 1 atom stereocenters. The summed E-state index contributed by atoms with van der Waals surface area (Å²) in [6.45, 7) is 0.520. The van der Waals surface area contributed by atoms with Crippen molar-refractivity contribution in [3.63, 3.8) is 0 Å². The van der Waals surface area contributed by atoms with Gasteiger partial charge in [-0.05, 0) is 25.1 Å². The predicted molar refractivity (Wildman–Crippen MR) is 44.0 cm³/mol. The largest absolute Gasteiger partial charge is 0.387 e. The van der Waals surface area contributed by atoms with Crippen molar-refractivity contribution in [2.45, 2.75) is 12.5 Å². The molecule has 1 aromatic heterocycles. The highest BCUT2D eigenvalue weighted by Gasteiger charge is 2.07. The Hall–Kier alpha value is -0.800. The highest BCUT2D eigenvalue weighted by molar-refractivity contribution is 5.09. The summed E-state index contributed by atoms with van der Waals surface area (Å²) in [4.78, 5) is 0. The zero-order valence-corrected chi connectivity index (χ0v) is 6.70. The van der Waals surface area contributed by atoms with Gasteiger partial charge in [0.2, 0.25) is 0 Å². The van der Waals surface area contributed by atoms with Gasteiger partial charge in [-0.2, -0.15) is 0 Å². The van der Waals surface area contributed by atoms with E-state index in [0.29, 0.717) is 13.0 Å². The van der Waals surface area contributed by atoms with Crippen molar-refractivity contribution in [1.29, 1.82) is 0 Å². The van der Waals surface area contributed by atoms with Gasteiger partial charge in [0.15, 0.2) is 0 Å². The molecule has 0 spiro atoms. The van der Waals surface area contributed by atoms with E-state index < -0.39 is 6.10 Å². The maximum Gasteiger partial charge on any atom is 0.0951 e. The molecule has 3 nitrogen and oxygen atoms in total. The minimum Gasteiger partial charge on any atom is -0.387 e. The van der Waals surface area contributed by atoms with E-state index in [1.54, 1.807) is 0 Å². The first-order chi connectivity index (χ1) is 5.25. The molecule has 0 saturated heterocycles. The number of aliphatic hydroxyl groups is 1. The fourth-order valence-corrected chi connectivity index (χ4v) is 1.13. The molecule has 0 unspecified atom stereocenters. The fraction of sp³-hybridized carbons (Fsp3) is 0.500. The van der Waals surface area contributed by atoms with Crippen LogP contribution in [0.25, 0.3) is 0 Å². The lowest BCUT2D eigenvalue weighted by molar-refractivity contribution is 0.162. The van der Waals surface area contributed by atoms with Crippen molar-refractivity contribution in [2.75, 3.05) is 6.54 Å². The smallest absolute Gasteiger partial charge is 0.0951 e. The fourth-order valence-electron chi connectivity index (χ4n) is 1.13. The SMILES string of the molecule is Cn1cccc1[C@@H](O)CCN. The van der Waals surface area contributed by atoms with Crippen molar-refractivity contribution in [2.24, 2.45) is 12.8 Å². The molecule has 11 heavy (non-hydrogen) atoms. The van der Waals surface area contributed by atoms with Crippen LogP contribution in [0.4, 0.5) is 0 Å². The summed E-state index contributed by atoms with van der Waals surface area (Å²) in [6, 6.07) is 3.81. The van der Waals surface area contributed by atoms with Crippen molar-refractivity contribution in [3.8, 4) is 0 Å². The summed E-state index contributed by atoms with van der Waals surface area (Å²) in [5.41, 5.74) is 6.24. The highest BCUT2D eigenvalue weighted by Crippen LogP contribution is 2.14. The van der Waals surface area contributed by atoms with E-state index in [2.05, 4.69) is 0 Å². The number of nitrogens with two attached hydrogens (primary N) is 1. The Bertz CT molecular complexity index is 220. The maximum absolute atomic E-state index is 9.49. The van der Waals surface area contributed by atoms with E-state index >= 15 is 0 Å². The van der Waals surface area contributed by atoms with E-state index in [9.17, 15) is 5.11 Å². The third-order valence-electron chi connectivity index (χ3n) is 1.77. The topological polar surface area (TPSA) is 51.2 Å². The van der Waals surface area contributed by atoms with Crippen molar-refractivity contribution in [3.05, 3.63) is 24.0 Å². The number of hydrogen-bond donors (Lipinski definition) is 2. The lowest BCUT2D eigenvalue weighted by atomic mass is 10.2. The second-order valence-electron chi connectivity index (χ2n) is 2.64. The van der Waals surface area contributed by atoms with Crippen LogP contribution >= 0.6 is 0 Å². The minimum absolute atomic E-state index is 0.417. The van der Waals surface area contributed by atoms with E-state index in [-0.39, 0.29) is 0 Å². The average molecular weight is 154 g/mol. The van der Waals surface area contributed by atoms with E-state index in [0.717, 1.165) is 5.69 Å². The molecule has 1 aromatic rings. The second kappa shape index (κ2) is 3.55. The van der Waals surface area contributed by atoms with Gasteiger partial charge in [-0.1, -0.05) is 0 Å². The third-order valence-corrected chi connectivity index (χ3v) is 1.77. The van der Waals surface area contributed by atoms with Gasteiger partial charge in [0.25, 0.3) is 0 Å². The van der Waals surface area contributed by atoms with Gasteiger partial charge in [0, 0.05) is 18.9 Å². The number of hydrogen-bond acceptors (Lipinski definition) is 2. The monoisotopic (exact) mass is 154 g/mol. The van der Waals surface area contributed by atoms with E-state index in [1.165, 1.54) is 0 Å². The van der Waals surface area contributed by atoms with Crippen molar-refractivity contribution >= 4 is 0 Å². The zero-order chi connectivity index (χ0) is 8.27. The Morgan fingerprint density at radius 3 is 2.91 bits per heavy atom. The van der Waals surface area contributed by atoms with Crippen LogP contribution in [0.3, 0.4) is 0 Å². The van der Waals surface area contributed by atoms with Gasteiger partial charge in [-0.25, -0.2) is 0 Å². The summed E-state index contributed by atoms with van der Waals surface area (Å²) in [7, 11) is 1.91. The van der Waals surface area contributed by atoms with Gasteiger partial charge in [-0.15, -0.1) is 0 Å². The second-order valence-corrected chi connectivity index (χ2v) is 2.64. The molecule has 1 rings (SSSR count). The molecule has 1 heterocycles. The van der Waals surface area contributed by atoms with Gasteiger partial charge >= 0.3 is 0 Å². The lowest BCUT2D eigenvalue weighted by Gasteiger charge is -2.09. The first kappa shape index (κ1) is 8.30. The maximum atomic E-state index is 9.49. The van der Waals surface area contributed by atoms with Crippen molar-refractivity contribution < 1.29 is 5.11 Å². The quantitative estimate of drug-likeness (QED) is 0.662. The van der Waals surface area contributed by atoms with Crippen LogP contribution in [-0.4, -0.2) is 16.2 Å². The molecule has 0 aliphatic carbocycles. The van der Waals surface area contributed by atoms with Crippen LogP contribution in [0.1, 0.15) is 18.2 Å². The summed E-state index contributed by atoms with van der Waals surface area (Å²) in [5.74, 6) is 0. The number of aryl methyl sites for hydroxylation is 1. The predicted octanol–water partition coefficient (Wildman–Crippen LogP) is 0.407. The Morgan fingerprint density at radius 1 is 1.73 bits per heavy atom. The van der Waals surface area contributed by atoms with Crippen LogP contribution in [-0.2, 0) is 7.05 Å². The average Bonchev–Trinajstić information content (AvgIpc) is 2.36. The summed E-state index contributed by atoms with van der Waals surface area (Å²) >= 11 is 0. The Balaban J connectivity index is 2.67. The van der Waals surface area contributed by atoms with Gasteiger partial charge in [-0.3, -0.25) is 0 Å². The normalized spacial score (nSPS) is 13.4. The Morgan fingerprint density at radius 2 is 2.45 bits per heavy atom. The number of nitrogens with zero attached hydrogens (tertiary/aromatic N) is 1. The van der Waals surface area contributed by atoms with Gasteiger partial charge in [0.05, 0.1) is 6.10 Å². The number of aromatic nitrogens is 1. The zero-order valence-electron chi connectivity index (χ0n) is 6.70. The molecule has 0 amide bonds. The molecule has 0 fully saturated rings. The summed E-state index contributed by atoms with van der Waals surface area (Å²) in [6.07, 6.45) is 2.12. The standard InChI is InChI=1S/C8H14N2O/c1-10-6-2-3-7(10)8(11)4-5-9/h2-3,6,8,11H,4-5,9H2,1H3/t8-/m0/s1.